The maximum absolute atomic E-state index is 15.1. The zero-order valence-electron chi connectivity index (χ0n) is 35.7. The molecule has 6 aromatic rings. The molecule has 2 aliphatic rings. The first-order chi connectivity index (χ1) is 33.1. The number of nitrogens with zero attached hydrogens (tertiary/aromatic N) is 2. The lowest BCUT2D eigenvalue weighted by molar-refractivity contribution is -0.459. The summed E-state index contributed by atoms with van der Waals surface area (Å²) in [6.45, 7) is 0.707. The van der Waals surface area contributed by atoms with Crippen molar-refractivity contribution in [2.45, 2.75) is 40.1 Å². The molecule has 1 N–H and O–H groups in total. The molecule has 0 aromatic heterocycles. The summed E-state index contributed by atoms with van der Waals surface area (Å²) in [4.78, 5) is 53.6. The maximum atomic E-state index is 15.1. The number of alkyl halides is 8. The minimum absolute atomic E-state index is 0.0192. The van der Waals surface area contributed by atoms with Crippen LogP contribution in [0, 0.1) is 6.92 Å². The number of methoxy groups -OCH3 is 1. The summed E-state index contributed by atoms with van der Waals surface area (Å²) < 4.78 is 190. The first-order valence-electron chi connectivity index (χ1n) is 19.9. The Balaban J connectivity index is 0.931. The molecular formula is C46H28F8N2O13S2. The second kappa shape index (κ2) is 17.3. The Morgan fingerprint density at radius 2 is 0.873 bits per heavy atom. The molecule has 6 aromatic carbocycles. The van der Waals surface area contributed by atoms with Crippen LogP contribution in [0.4, 0.5) is 46.5 Å². The molecule has 15 nitrogen and oxygen atoms in total. The highest BCUT2D eigenvalue weighted by Crippen LogP contribution is 2.51. The van der Waals surface area contributed by atoms with Crippen LogP contribution in [0.2, 0.25) is 0 Å². The van der Waals surface area contributed by atoms with Crippen LogP contribution in [0.25, 0.3) is 0 Å². The zero-order valence-corrected chi connectivity index (χ0v) is 37.3. The van der Waals surface area contributed by atoms with Crippen LogP contribution in [0.3, 0.4) is 0 Å². The Bertz CT molecular complexity index is 3430. The second-order valence-electron chi connectivity index (χ2n) is 15.4. The number of ether oxygens (including phenoxy) is 4. The van der Waals surface area contributed by atoms with E-state index in [1.54, 1.807) is 24.3 Å². The van der Waals surface area contributed by atoms with Crippen molar-refractivity contribution >= 4 is 55.0 Å². The number of carbonyl (C=O) groups is 4. The number of amides is 4. The van der Waals surface area contributed by atoms with Crippen LogP contribution in [-0.4, -0.2) is 69.6 Å². The Kier molecular flexibility index (Phi) is 12.1. The maximum Gasteiger partial charge on any atom is 0.460 e. The van der Waals surface area contributed by atoms with Crippen LogP contribution in [0.5, 0.6) is 28.7 Å². The normalized spacial score (nSPS) is 14.5. The highest BCUT2D eigenvalue weighted by Gasteiger charge is 2.74. The Hall–Kier alpha value is -7.74. The topological polar surface area (TPSA) is 200 Å². The predicted molar refractivity (Wildman–Crippen MR) is 229 cm³/mol. The van der Waals surface area contributed by atoms with Gasteiger partial charge in [-0.05, 0) is 134 Å². The molecule has 0 saturated carbocycles. The number of hydrogen-bond acceptors (Lipinski definition) is 12. The van der Waals surface area contributed by atoms with E-state index in [2.05, 4.69) is 4.74 Å². The number of carbonyl (C=O) groups excluding carboxylic acids is 4. The van der Waals surface area contributed by atoms with Gasteiger partial charge in [0.05, 0.1) is 50.5 Å². The number of rotatable bonds is 15. The molecule has 71 heavy (non-hydrogen) atoms. The predicted octanol–water partition coefficient (Wildman–Crippen LogP) is 9.80. The summed E-state index contributed by atoms with van der Waals surface area (Å²) in [5.41, 5.74) is -2.20. The summed E-state index contributed by atoms with van der Waals surface area (Å²) >= 11 is 0. The molecule has 4 amide bonds. The van der Waals surface area contributed by atoms with Crippen molar-refractivity contribution in [1.82, 2.24) is 0 Å². The highest BCUT2D eigenvalue weighted by molar-refractivity contribution is 7.91. The average Bonchev–Trinajstić information content (AvgIpc) is 3.71. The van der Waals surface area contributed by atoms with E-state index in [9.17, 15) is 62.4 Å². The smallest absolute Gasteiger partial charge is 0.460 e. The molecule has 0 unspecified atom stereocenters. The fraction of sp³-hybridized carbons (Fsp3) is 0.130. The second-order valence-corrected chi connectivity index (χ2v) is 18.8. The molecule has 0 fully saturated rings. The van der Waals surface area contributed by atoms with Crippen LogP contribution in [0.15, 0.2) is 137 Å². The van der Waals surface area contributed by atoms with Crippen molar-refractivity contribution in [3.63, 3.8) is 0 Å². The van der Waals surface area contributed by atoms with E-state index in [-0.39, 0.29) is 57.0 Å². The van der Waals surface area contributed by atoms with Crippen molar-refractivity contribution in [2.75, 3.05) is 16.9 Å². The first kappa shape index (κ1) is 49.7. The van der Waals surface area contributed by atoms with Crippen molar-refractivity contribution < 1.29 is 94.6 Å². The summed E-state index contributed by atoms with van der Waals surface area (Å²) in [5, 5.41) is -6.82. The van der Waals surface area contributed by atoms with E-state index < -0.39 is 87.9 Å². The molecule has 25 heteroatoms. The van der Waals surface area contributed by atoms with Gasteiger partial charge in [-0.3, -0.25) is 23.7 Å². The Labute approximate surface area is 395 Å². The molecule has 0 bridgehead atoms. The molecule has 0 aliphatic carbocycles. The number of imide groups is 2. The van der Waals surface area contributed by atoms with E-state index in [0.29, 0.717) is 30.5 Å². The van der Waals surface area contributed by atoms with E-state index in [1.165, 1.54) is 67.8 Å². The van der Waals surface area contributed by atoms with Crippen molar-refractivity contribution in [3.8, 4) is 28.7 Å². The molecule has 2 heterocycles. The monoisotopic (exact) mass is 1030 g/mol. The number of benzene rings is 6. The van der Waals surface area contributed by atoms with Gasteiger partial charge in [0, 0.05) is 5.56 Å². The van der Waals surface area contributed by atoms with Gasteiger partial charge < -0.3 is 14.2 Å². The lowest BCUT2D eigenvalue weighted by Crippen LogP contribution is -2.55. The third kappa shape index (κ3) is 8.59. The number of sulfone groups is 1. The number of fused-ring (bicyclic) bond motifs is 2. The first-order valence-corrected chi connectivity index (χ1v) is 22.8. The van der Waals surface area contributed by atoms with Gasteiger partial charge in [0.15, 0.2) is 0 Å². The summed E-state index contributed by atoms with van der Waals surface area (Å²) in [6, 6.07) is 25.3. The summed E-state index contributed by atoms with van der Waals surface area (Å²) in [6.07, 6.45) is -13.6. The van der Waals surface area contributed by atoms with Gasteiger partial charge in [-0.15, -0.1) is 0 Å². The molecule has 0 atom stereocenters. The van der Waals surface area contributed by atoms with Gasteiger partial charge in [0.25, 0.3) is 23.6 Å². The van der Waals surface area contributed by atoms with E-state index in [4.69, 9.17) is 18.8 Å². The number of anilines is 2. The minimum Gasteiger partial charge on any atom is -0.497 e. The van der Waals surface area contributed by atoms with Crippen LogP contribution < -0.4 is 24.0 Å². The van der Waals surface area contributed by atoms with E-state index in [0.717, 1.165) is 34.1 Å². The van der Waals surface area contributed by atoms with E-state index in [1.807, 2.05) is 0 Å². The molecular weight excluding hydrogens is 1000 g/mol. The molecule has 0 saturated heterocycles. The average molecular weight is 1030 g/mol. The fourth-order valence-electron chi connectivity index (χ4n) is 7.22. The minimum atomic E-state index is -7.18. The van der Waals surface area contributed by atoms with Gasteiger partial charge in [-0.2, -0.15) is 43.5 Å². The summed E-state index contributed by atoms with van der Waals surface area (Å²) in [5.74, 6) is -7.70. The largest absolute Gasteiger partial charge is 0.497 e. The molecule has 2 aliphatic heterocycles. The van der Waals surface area contributed by atoms with E-state index >= 15 is 8.78 Å². The number of halogens is 8. The lowest BCUT2D eigenvalue weighted by atomic mass is 10.0. The highest BCUT2D eigenvalue weighted by atomic mass is 32.2. The molecule has 0 radical (unpaired) electrons. The Morgan fingerprint density at radius 3 is 1.32 bits per heavy atom. The van der Waals surface area contributed by atoms with Crippen molar-refractivity contribution in [3.05, 3.63) is 161 Å². The number of hydrogen-bond donors (Lipinski definition) is 1. The van der Waals surface area contributed by atoms with Crippen molar-refractivity contribution in [2.24, 2.45) is 0 Å². The molecule has 0 spiro atoms. The van der Waals surface area contributed by atoms with Crippen LogP contribution in [0.1, 0.15) is 52.6 Å². The van der Waals surface area contributed by atoms with Gasteiger partial charge in [-0.1, -0.05) is 6.07 Å². The number of aryl methyl sites for hydroxylation is 1. The van der Waals surface area contributed by atoms with Gasteiger partial charge >= 0.3 is 33.5 Å². The van der Waals surface area contributed by atoms with Gasteiger partial charge in [0.2, 0.25) is 9.84 Å². The third-order valence-corrected chi connectivity index (χ3v) is 13.5. The SMILES string of the molecule is COc1ccc(N2C(=O)c3ccc(Oc4ccc5c(c4)C(=O)N(c4ccc(Oc6ccc(S(=O)(=O)c7ccc(C)c(C(F)(F)C(F)(F)OC(F)(F)C(F)(F)S(=O)(=O)O)c7)cc6)cc4)C5=O)cc3C2=O)cc1. The standard InChI is InChI=1S/C46H28F8N2O13S2/c1-24-3-16-33(23-38(24)43(47,48)44(49,50)69-45(51,52)46(53,54)71(63,64)65)70(61,62)32-17-12-29(13-18-32)67-28-10-6-26(7-11-28)56-40(58)35-20-15-31(22-37(35)42(56)60)68-30-14-19-34-36(21-30)41(59)55(39(34)57)25-4-8-27(66-2)9-5-25/h3-23H,1-2H3,(H,63,64,65). The lowest BCUT2D eigenvalue weighted by Gasteiger charge is -2.32. The molecule has 8 rings (SSSR count). The zero-order chi connectivity index (χ0) is 51.8. The quantitative estimate of drug-likeness (QED) is 0.0579. The summed E-state index contributed by atoms with van der Waals surface area (Å²) in [7, 11) is -10.6. The third-order valence-electron chi connectivity index (χ3n) is 10.9. The van der Waals surface area contributed by atoms with Crippen LogP contribution in [-0.2, 0) is 30.6 Å². The fourth-order valence-corrected chi connectivity index (χ4v) is 8.85. The Morgan fingerprint density at radius 1 is 0.479 bits per heavy atom. The molecule has 368 valence electrons. The van der Waals surface area contributed by atoms with Crippen LogP contribution >= 0.6 is 0 Å². The van der Waals surface area contributed by atoms with Gasteiger partial charge in [-0.25, -0.2) is 23.0 Å². The van der Waals surface area contributed by atoms with Gasteiger partial charge in [0.1, 0.15) is 28.7 Å². The van der Waals surface area contributed by atoms with Crippen molar-refractivity contribution in [1.29, 1.82) is 0 Å².